The molecule has 2 aromatic carbocycles. The average molecular weight is 943 g/mol. The van der Waals surface area contributed by atoms with Gasteiger partial charge in [0.05, 0.1) is 16.1 Å². The molecule has 1 aliphatic carbocycles. The number of carbonyl (C=O) groups is 3. The maximum absolute atomic E-state index is 12.6. The number of anilines is 1. The minimum absolute atomic E-state index is 0.000498. The summed E-state index contributed by atoms with van der Waals surface area (Å²) in [5.74, 6) is -2.16. The molecular formula is C51H64N3O10S2+. The molecule has 1 fully saturated rings. The van der Waals surface area contributed by atoms with E-state index in [1.165, 1.54) is 34.7 Å². The molecule has 66 heavy (non-hydrogen) atoms. The molecule has 13 nitrogen and oxygen atoms in total. The lowest BCUT2D eigenvalue weighted by Crippen LogP contribution is -2.32. The fraction of sp³-hybridized carbons (Fsp3) is 0.451. The largest absolute Gasteiger partial charge is 0.344 e. The minimum atomic E-state index is -4.58. The lowest BCUT2D eigenvalue weighted by Gasteiger charge is -2.30. The van der Waals surface area contributed by atoms with Crippen LogP contribution >= 0.6 is 0 Å². The van der Waals surface area contributed by atoms with Gasteiger partial charge in [0.15, 0.2) is 5.71 Å². The third-order valence-electron chi connectivity index (χ3n) is 13.1. The Bertz CT molecular complexity index is 2590. The maximum Gasteiger partial charge on any atom is 0.333 e. The van der Waals surface area contributed by atoms with Gasteiger partial charge in [0.25, 0.3) is 32.1 Å². The van der Waals surface area contributed by atoms with Crippen molar-refractivity contribution in [2.75, 3.05) is 23.7 Å². The Hall–Kier alpha value is -5.22. The summed E-state index contributed by atoms with van der Waals surface area (Å²) in [5, 5.41) is 0.548. The van der Waals surface area contributed by atoms with Gasteiger partial charge in [0.2, 0.25) is 5.69 Å². The second kappa shape index (κ2) is 22.1. The molecule has 3 heterocycles. The van der Waals surface area contributed by atoms with E-state index in [0.717, 1.165) is 56.5 Å². The molecule has 0 aromatic heterocycles. The van der Waals surface area contributed by atoms with Crippen molar-refractivity contribution in [3.8, 4) is 0 Å². The van der Waals surface area contributed by atoms with E-state index in [0.29, 0.717) is 49.3 Å². The second-order valence-electron chi connectivity index (χ2n) is 18.0. The first-order valence-corrected chi connectivity index (χ1v) is 26.3. The maximum atomic E-state index is 12.6. The summed E-state index contributed by atoms with van der Waals surface area (Å²) in [7, 11) is -8.79. The highest BCUT2D eigenvalue weighted by atomic mass is 32.2. The van der Waals surface area contributed by atoms with Crippen LogP contribution in [-0.4, -0.2) is 77.9 Å². The molecule has 4 aliphatic rings. The van der Waals surface area contributed by atoms with Gasteiger partial charge in [-0.05, 0) is 87.8 Å². The van der Waals surface area contributed by atoms with Gasteiger partial charge in [0, 0.05) is 66.7 Å². The molecule has 0 radical (unpaired) electrons. The van der Waals surface area contributed by atoms with Gasteiger partial charge < -0.3 is 9.74 Å². The summed E-state index contributed by atoms with van der Waals surface area (Å²) < 4.78 is 70.7. The summed E-state index contributed by atoms with van der Waals surface area (Å²) in [4.78, 5) is 43.4. The summed E-state index contributed by atoms with van der Waals surface area (Å²) in [6, 6.07) is 13.2. The summed E-state index contributed by atoms with van der Waals surface area (Å²) in [5.41, 5.74) is 6.00. The van der Waals surface area contributed by atoms with Crippen LogP contribution in [0.25, 0.3) is 0 Å². The van der Waals surface area contributed by atoms with Crippen molar-refractivity contribution in [3.05, 3.63) is 126 Å². The van der Waals surface area contributed by atoms with Gasteiger partial charge in [-0.2, -0.15) is 21.4 Å². The van der Waals surface area contributed by atoms with Crippen LogP contribution in [-0.2, 0) is 50.3 Å². The first-order valence-electron chi connectivity index (χ1n) is 23.2. The standard InChI is InChI=1S/C51H63N3O10S2/c1-4-5-15-33-50(2)41-24-13-14-25-43(41)53(36-20-23-39-21-10-7-6-8-11-22-39)45(50)26-19-27-46-51(3,34-16-18-37-65(58,59)60)42-38-40(66(61,62)63)29-30-44(42)52(46)35-17-9-12-28-49(57)64-54-47(55)31-32-48(54)56/h6-8,10-11,13-14,19,21-22,24-27,29-30,38H,4-5,9,12,15-18,20,23,28,31-37H2,1-3H3,(H-,58,59,60,61,62,63)/p+1/b7-6-,8-6?,10-7?,11-8-,21-10?,22-11?,39-21?,39-22?. The number of para-hydroxylation sites is 1. The lowest BCUT2D eigenvalue weighted by atomic mass is 9.75. The molecule has 2 unspecified atom stereocenters. The van der Waals surface area contributed by atoms with Crippen LogP contribution in [0, 0.1) is 0 Å². The van der Waals surface area contributed by atoms with Crippen LogP contribution < -0.4 is 4.90 Å². The minimum Gasteiger partial charge on any atom is -0.344 e. The van der Waals surface area contributed by atoms with Crippen LogP contribution in [0.4, 0.5) is 11.4 Å². The Balaban J connectivity index is 1.36. The number of rotatable bonds is 23. The fourth-order valence-electron chi connectivity index (χ4n) is 9.67. The van der Waals surface area contributed by atoms with E-state index in [1.54, 1.807) is 6.07 Å². The van der Waals surface area contributed by atoms with Gasteiger partial charge in [-0.3, -0.25) is 18.7 Å². The highest BCUT2D eigenvalue weighted by molar-refractivity contribution is 7.86. The molecule has 354 valence electrons. The predicted molar refractivity (Wildman–Crippen MR) is 257 cm³/mol. The Morgan fingerprint density at radius 2 is 1.53 bits per heavy atom. The Kier molecular flexibility index (Phi) is 16.8. The van der Waals surface area contributed by atoms with E-state index >= 15 is 0 Å². The fourth-order valence-corrected chi connectivity index (χ4v) is 10.7. The second-order valence-corrected chi connectivity index (χ2v) is 21.0. The highest BCUT2D eigenvalue weighted by Crippen LogP contribution is 2.52. The summed E-state index contributed by atoms with van der Waals surface area (Å²) >= 11 is 0. The van der Waals surface area contributed by atoms with Crippen LogP contribution in [0.15, 0.2) is 119 Å². The quantitative estimate of drug-likeness (QED) is 0.0469. The zero-order valence-electron chi connectivity index (χ0n) is 38.4. The molecule has 2 aromatic rings. The smallest absolute Gasteiger partial charge is 0.333 e. The average Bonchev–Trinajstić information content (AvgIpc) is 3.79. The van der Waals surface area contributed by atoms with Crippen molar-refractivity contribution < 1.29 is 49.7 Å². The van der Waals surface area contributed by atoms with Gasteiger partial charge in [0.1, 0.15) is 6.54 Å². The summed E-state index contributed by atoms with van der Waals surface area (Å²) in [6.45, 7) is 7.79. The molecule has 0 bridgehead atoms. The number of imide groups is 1. The van der Waals surface area contributed by atoms with Crippen LogP contribution in [0.1, 0.15) is 128 Å². The van der Waals surface area contributed by atoms with E-state index in [2.05, 4.69) is 90.1 Å². The number of amides is 2. The van der Waals surface area contributed by atoms with E-state index in [4.69, 9.17) is 4.84 Å². The monoisotopic (exact) mass is 942 g/mol. The van der Waals surface area contributed by atoms with Gasteiger partial charge in [-0.1, -0.05) is 106 Å². The zero-order valence-corrected chi connectivity index (χ0v) is 40.0. The normalized spacial score (nSPS) is 22.3. The molecule has 0 spiro atoms. The number of carbonyl (C=O) groups excluding carboxylic acids is 3. The zero-order chi connectivity index (χ0) is 47.5. The Morgan fingerprint density at radius 3 is 2.27 bits per heavy atom. The predicted octanol–water partition coefficient (Wildman–Crippen LogP) is 9.70. The first kappa shape index (κ1) is 50.2. The van der Waals surface area contributed by atoms with Crippen molar-refractivity contribution in [2.45, 2.75) is 133 Å². The van der Waals surface area contributed by atoms with Crippen LogP contribution in [0.5, 0.6) is 0 Å². The highest BCUT2D eigenvalue weighted by Gasteiger charge is 2.47. The van der Waals surface area contributed by atoms with Crippen LogP contribution in [0.2, 0.25) is 0 Å². The SMILES string of the molecule is CCCCCC1(C)C(/C=C/C=C2/N(CCCCCC(=O)ON3C(=O)CCC3=O)c3ccc(S(=O)(=O)O)cc3C2(C)CCCCS(=O)(=O)O)=[N+](CCCC2=C/C=C\C=C/C=C2)c2ccccc21. The van der Waals surface area contributed by atoms with Crippen molar-refractivity contribution in [1.29, 1.82) is 0 Å². The molecular weight excluding hydrogens is 879 g/mol. The number of hydroxylamine groups is 2. The number of nitrogens with zero attached hydrogens (tertiary/aromatic N) is 3. The number of hydrogen-bond acceptors (Lipinski definition) is 9. The van der Waals surface area contributed by atoms with Crippen molar-refractivity contribution in [2.24, 2.45) is 0 Å². The number of unbranched alkanes of at least 4 members (excludes halogenated alkanes) is 5. The molecule has 2 N–H and O–H groups in total. The van der Waals surface area contributed by atoms with E-state index < -0.39 is 49.2 Å². The molecule has 2 amide bonds. The number of fused-ring (bicyclic) bond motifs is 2. The summed E-state index contributed by atoms with van der Waals surface area (Å²) in [6.07, 6.45) is 29.4. The number of benzene rings is 2. The van der Waals surface area contributed by atoms with Crippen molar-refractivity contribution in [1.82, 2.24) is 5.06 Å². The number of hydrogen-bond donors (Lipinski definition) is 2. The first-order chi connectivity index (χ1) is 31.5. The van der Waals surface area contributed by atoms with E-state index in [1.807, 2.05) is 25.2 Å². The van der Waals surface area contributed by atoms with Gasteiger partial charge >= 0.3 is 5.97 Å². The third kappa shape index (κ3) is 12.2. The molecule has 0 saturated carbocycles. The Labute approximate surface area is 390 Å². The van der Waals surface area contributed by atoms with Crippen molar-refractivity contribution >= 4 is 55.1 Å². The molecule has 2 atom stereocenters. The number of allylic oxidation sites excluding steroid dienone is 12. The van der Waals surface area contributed by atoms with Gasteiger partial charge in [-0.15, -0.1) is 5.06 Å². The van der Waals surface area contributed by atoms with Crippen molar-refractivity contribution in [3.63, 3.8) is 0 Å². The molecule has 1 saturated heterocycles. The van der Waals surface area contributed by atoms with Crippen LogP contribution in [0.3, 0.4) is 0 Å². The molecule has 3 aliphatic heterocycles. The van der Waals surface area contributed by atoms with Gasteiger partial charge in [-0.25, -0.2) is 4.79 Å². The van der Waals surface area contributed by atoms with E-state index in [-0.39, 0.29) is 36.0 Å². The topological polar surface area (TPSA) is 179 Å². The van der Waals surface area contributed by atoms with E-state index in [9.17, 15) is 40.3 Å². The lowest BCUT2D eigenvalue weighted by molar-refractivity contribution is -0.438. The third-order valence-corrected chi connectivity index (χ3v) is 14.8. The Morgan fingerprint density at radius 1 is 0.818 bits per heavy atom. The molecule has 15 heteroatoms. The molecule has 6 rings (SSSR count).